The van der Waals surface area contributed by atoms with Gasteiger partial charge in [-0.25, -0.2) is 0 Å². The fraction of sp³-hybridized carbons (Fsp3) is 0.412. The highest BCUT2D eigenvalue weighted by molar-refractivity contribution is 9.10. The van der Waals surface area contributed by atoms with Crippen LogP contribution in [0.5, 0.6) is 0 Å². The van der Waals surface area contributed by atoms with Crippen molar-refractivity contribution in [2.24, 2.45) is 0 Å². The third kappa shape index (κ3) is 3.82. The third-order valence-electron chi connectivity index (χ3n) is 3.82. The van der Waals surface area contributed by atoms with Gasteiger partial charge >= 0.3 is 0 Å². The smallest absolute Gasteiger partial charge is 0.169 e. The second-order valence-electron chi connectivity index (χ2n) is 5.32. The summed E-state index contributed by atoms with van der Waals surface area (Å²) in [6, 6.07) is 8.16. The molecule has 0 amide bonds. The lowest BCUT2D eigenvalue weighted by molar-refractivity contribution is 0.0991. The predicted molar refractivity (Wildman–Crippen MR) is 88.8 cm³/mol. The summed E-state index contributed by atoms with van der Waals surface area (Å²) in [7, 11) is 0. The lowest BCUT2D eigenvalue weighted by Crippen LogP contribution is -2.10. The number of Topliss-reactive ketones (excluding diaryl/α,β-unsaturated/α-hetero) is 1. The number of aromatic nitrogens is 2. The first-order valence-corrected chi connectivity index (χ1v) is 8.17. The largest absolute Gasteiger partial charge is 0.294 e. The Morgan fingerprint density at radius 3 is 2.67 bits per heavy atom. The van der Waals surface area contributed by atoms with Crippen molar-refractivity contribution in [3.05, 3.63) is 51.8 Å². The van der Waals surface area contributed by atoms with Crippen LogP contribution in [0.2, 0.25) is 0 Å². The molecule has 3 nitrogen and oxygen atoms in total. The van der Waals surface area contributed by atoms with Gasteiger partial charge in [-0.05, 0) is 43.5 Å². The fourth-order valence-corrected chi connectivity index (χ4v) is 2.85. The molecule has 0 aliphatic rings. The molecule has 0 fully saturated rings. The summed E-state index contributed by atoms with van der Waals surface area (Å²) < 4.78 is 2.91. The molecule has 2 aromatic rings. The van der Waals surface area contributed by atoms with Crippen molar-refractivity contribution in [3.8, 4) is 0 Å². The maximum atomic E-state index is 12.4. The molecule has 2 rings (SSSR count). The Morgan fingerprint density at radius 2 is 2.00 bits per heavy atom. The number of halogens is 1. The molecule has 4 heteroatoms. The van der Waals surface area contributed by atoms with Gasteiger partial charge in [0, 0.05) is 16.2 Å². The summed E-state index contributed by atoms with van der Waals surface area (Å²) in [6.45, 7) is 6.28. The van der Waals surface area contributed by atoms with E-state index in [-0.39, 0.29) is 5.78 Å². The van der Waals surface area contributed by atoms with Gasteiger partial charge < -0.3 is 0 Å². The molecule has 0 aliphatic heterocycles. The lowest BCUT2D eigenvalue weighted by Gasteiger charge is -2.12. The Hall–Kier alpha value is -1.42. The summed E-state index contributed by atoms with van der Waals surface area (Å²) in [5.74, 6) is 0.114. The number of aryl methyl sites for hydroxylation is 1. The summed E-state index contributed by atoms with van der Waals surface area (Å²) >= 11 is 3.42. The molecule has 0 saturated heterocycles. The van der Waals surface area contributed by atoms with Crippen LogP contribution in [-0.2, 0) is 6.42 Å². The van der Waals surface area contributed by atoms with Crippen molar-refractivity contribution in [3.63, 3.8) is 0 Å². The van der Waals surface area contributed by atoms with Crippen LogP contribution >= 0.6 is 15.9 Å². The summed E-state index contributed by atoms with van der Waals surface area (Å²) in [6.07, 6.45) is 4.44. The zero-order valence-corrected chi connectivity index (χ0v) is 14.4. The molecule has 0 unspecified atom stereocenters. The van der Waals surface area contributed by atoms with Gasteiger partial charge in [-0.3, -0.25) is 9.48 Å². The van der Waals surface area contributed by atoms with Crippen LogP contribution in [-0.4, -0.2) is 15.6 Å². The topological polar surface area (TPSA) is 34.9 Å². The van der Waals surface area contributed by atoms with E-state index in [1.807, 2.05) is 42.1 Å². The molecule has 0 bridgehead atoms. The van der Waals surface area contributed by atoms with Crippen LogP contribution < -0.4 is 0 Å². The molecule has 0 aliphatic carbocycles. The normalized spacial score (nSPS) is 11.1. The van der Waals surface area contributed by atoms with Crippen LogP contribution in [0.15, 0.2) is 34.9 Å². The number of rotatable bonds is 6. The van der Waals surface area contributed by atoms with E-state index in [1.54, 1.807) is 0 Å². The first-order chi connectivity index (χ1) is 10.0. The first kappa shape index (κ1) is 16.0. The third-order valence-corrected chi connectivity index (χ3v) is 4.32. The first-order valence-electron chi connectivity index (χ1n) is 7.38. The molecule has 1 aromatic carbocycles. The Labute approximate surface area is 134 Å². The Kier molecular flexibility index (Phi) is 5.34. The van der Waals surface area contributed by atoms with Crippen LogP contribution in [0.4, 0.5) is 0 Å². The van der Waals surface area contributed by atoms with Gasteiger partial charge in [-0.15, -0.1) is 0 Å². The summed E-state index contributed by atoms with van der Waals surface area (Å²) in [5, 5.41) is 4.55. The van der Waals surface area contributed by atoms with Gasteiger partial charge in [0.2, 0.25) is 0 Å². The van der Waals surface area contributed by atoms with Gasteiger partial charge in [0.15, 0.2) is 5.78 Å². The monoisotopic (exact) mass is 348 g/mol. The van der Waals surface area contributed by atoms with Gasteiger partial charge in [0.1, 0.15) is 0 Å². The van der Waals surface area contributed by atoms with Crippen molar-refractivity contribution in [1.29, 1.82) is 0 Å². The molecule has 0 atom stereocenters. The Balaban J connectivity index is 2.15. The second-order valence-corrected chi connectivity index (χ2v) is 6.23. The molecule has 0 N–H and O–H groups in total. The highest BCUT2D eigenvalue weighted by Crippen LogP contribution is 2.19. The average Bonchev–Trinajstić information content (AvgIpc) is 2.91. The number of carbonyl (C=O) groups is 1. The molecule has 1 aromatic heterocycles. The van der Waals surface area contributed by atoms with Gasteiger partial charge in [-0.2, -0.15) is 5.10 Å². The average molecular weight is 349 g/mol. The Bertz CT molecular complexity index is 629. The van der Waals surface area contributed by atoms with E-state index in [9.17, 15) is 4.79 Å². The number of ketones is 1. The zero-order chi connectivity index (χ0) is 15.4. The Morgan fingerprint density at radius 1 is 1.29 bits per heavy atom. The highest BCUT2D eigenvalue weighted by atomic mass is 79.9. The molecule has 0 radical (unpaired) electrons. The summed E-state index contributed by atoms with van der Waals surface area (Å²) in [5.41, 5.74) is 2.61. The van der Waals surface area contributed by atoms with Crippen molar-refractivity contribution >= 4 is 21.7 Å². The quantitative estimate of drug-likeness (QED) is 0.706. The van der Waals surface area contributed by atoms with Crippen LogP contribution in [0.1, 0.15) is 54.3 Å². The van der Waals surface area contributed by atoms with Crippen LogP contribution in [0.3, 0.4) is 0 Å². The minimum Gasteiger partial charge on any atom is -0.294 e. The molecule has 0 saturated carbocycles. The van der Waals surface area contributed by atoms with E-state index in [0.29, 0.717) is 12.5 Å². The van der Waals surface area contributed by atoms with Gasteiger partial charge in [-0.1, -0.05) is 35.8 Å². The van der Waals surface area contributed by atoms with E-state index in [4.69, 9.17) is 0 Å². The minimum absolute atomic E-state index is 0.114. The number of carbonyl (C=O) groups excluding carboxylic acids is 1. The van der Waals surface area contributed by atoms with Crippen molar-refractivity contribution < 1.29 is 4.79 Å². The van der Waals surface area contributed by atoms with Crippen molar-refractivity contribution in [1.82, 2.24) is 9.78 Å². The molecule has 1 heterocycles. The lowest BCUT2D eigenvalue weighted by atomic mass is 10.0. The number of hydrogen-bond donors (Lipinski definition) is 0. The molecule has 21 heavy (non-hydrogen) atoms. The SMILES string of the molecule is CCC(CC)n1ccc(CC(=O)c2cc(Br)ccc2C)n1. The van der Waals surface area contributed by atoms with Crippen LogP contribution in [0.25, 0.3) is 0 Å². The van der Waals surface area contributed by atoms with E-state index < -0.39 is 0 Å². The number of benzene rings is 1. The predicted octanol–water partition coefficient (Wildman–Crippen LogP) is 4.74. The minimum atomic E-state index is 0.114. The maximum Gasteiger partial charge on any atom is 0.169 e. The van der Waals surface area contributed by atoms with Crippen molar-refractivity contribution in [2.75, 3.05) is 0 Å². The molecule has 0 spiro atoms. The van der Waals surface area contributed by atoms with E-state index >= 15 is 0 Å². The van der Waals surface area contributed by atoms with Gasteiger partial charge in [0.05, 0.1) is 18.2 Å². The second kappa shape index (κ2) is 7.03. The van der Waals surface area contributed by atoms with E-state index in [1.165, 1.54) is 0 Å². The summed E-state index contributed by atoms with van der Waals surface area (Å²) in [4.78, 5) is 12.4. The zero-order valence-electron chi connectivity index (χ0n) is 12.8. The number of hydrogen-bond acceptors (Lipinski definition) is 2. The molecular formula is C17H21BrN2O. The van der Waals surface area contributed by atoms with Gasteiger partial charge in [0.25, 0.3) is 0 Å². The highest BCUT2D eigenvalue weighted by Gasteiger charge is 2.14. The van der Waals surface area contributed by atoms with E-state index in [2.05, 4.69) is 34.9 Å². The standard InChI is InChI=1S/C17H21BrN2O/c1-4-15(5-2)20-9-8-14(19-20)11-17(21)16-10-13(18)7-6-12(16)3/h6-10,15H,4-5,11H2,1-3H3. The maximum absolute atomic E-state index is 12.4. The number of nitrogens with zero attached hydrogens (tertiary/aromatic N) is 2. The molecule has 112 valence electrons. The molecular weight excluding hydrogens is 328 g/mol. The van der Waals surface area contributed by atoms with Crippen molar-refractivity contribution in [2.45, 2.75) is 46.1 Å². The fourth-order valence-electron chi connectivity index (χ4n) is 2.49. The van der Waals surface area contributed by atoms with E-state index in [0.717, 1.165) is 34.1 Å². The van der Waals surface area contributed by atoms with Crippen LogP contribution in [0, 0.1) is 6.92 Å².